The lowest BCUT2D eigenvalue weighted by molar-refractivity contribution is 0.660. The molecule has 0 heterocycles. The van der Waals surface area contributed by atoms with Crippen molar-refractivity contribution in [2.24, 2.45) is 5.73 Å². The molecule has 0 spiro atoms. The summed E-state index contributed by atoms with van der Waals surface area (Å²) in [4.78, 5) is 0. The zero-order valence-corrected chi connectivity index (χ0v) is 12.6. The quantitative estimate of drug-likeness (QED) is 0.850. The van der Waals surface area contributed by atoms with Gasteiger partial charge in [0.05, 0.1) is 0 Å². The van der Waals surface area contributed by atoms with Crippen LogP contribution in [0.25, 0.3) is 5.57 Å². The largest absolute Gasteiger partial charge is 0.327 e. The monoisotopic (exact) mass is 287 g/mol. The number of hydrogen-bond acceptors (Lipinski definition) is 1. The summed E-state index contributed by atoms with van der Waals surface area (Å²) in [5, 5.41) is 0. The lowest BCUT2D eigenvalue weighted by Crippen LogP contribution is -2.17. The van der Waals surface area contributed by atoms with Crippen molar-refractivity contribution in [2.75, 3.05) is 0 Å². The average Bonchev–Trinajstić information content (AvgIpc) is 2.49. The third-order valence-electron chi connectivity index (χ3n) is 3.32. The molecule has 0 aliphatic carbocycles. The summed E-state index contributed by atoms with van der Waals surface area (Å²) in [5.41, 5.74) is 9.80. The first-order valence-corrected chi connectivity index (χ1v) is 6.88. The zero-order valence-electron chi connectivity index (χ0n) is 11.8. The molecule has 0 saturated carbocycles. The standard InChI is InChI=1S/C18H21N.ClH/c1-2-17(19)13-14-18(15-9-5-3-6-10-15)16-11-7-4-8-12-16;/h3-12,14,17H,2,13,19H2,1H3;1H. The number of halogens is 1. The maximum atomic E-state index is 6.03. The van der Waals surface area contributed by atoms with Crippen LogP contribution in [0.3, 0.4) is 0 Å². The molecule has 20 heavy (non-hydrogen) atoms. The third-order valence-corrected chi connectivity index (χ3v) is 3.32. The van der Waals surface area contributed by atoms with E-state index < -0.39 is 0 Å². The molecule has 0 saturated heterocycles. The van der Waals surface area contributed by atoms with Crippen molar-refractivity contribution in [2.45, 2.75) is 25.8 Å². The van der Waals surface area contributed by atoms with E-state index in [0.29, 0.717) is 0 Å². The second-order valence-corrected chi connectivity index (χ2v) is 4.75. The molecule has 0 aliphatic heterocycles. The van der Waals surface area contributed by atoms with Crippen molar-refractivity contribution in [3.8, 4) is 0 Å². The molecule has 1 atom stereocenters. The Morgan fingerprint density at radius 1 is 0.950 bits per heavy atom. The summed E-state index contributed by atoms with van der Waals surface area (Å²) in [6.07, 6.45) is 4.18. The molecule has 2 aromatic carbocycles. The van der Waals surface area contributed by atoms with Crippen LogP contribution < -0.4 is 5.73 Å². The van der Waals surface area contributed by atoms with Crippen LogP contribution in [0.5, 0.6) is 0 Å². The zero-order chi connectivity index (χ0) is 13.5. The Bertz CT molecular complexity index is 478. The van der Waals surface area contributed by atoms with E-state index in [2.05, 4.69) is 61.5 Å². The molecule has 0 aromatic heterocycles. The first-order chi connectivity index (χ1) is 9.31. The number of nitrogens with two attached hydrogens (primary N) is 1. The smallest absolute Gasteiger partial charge is 0.00711 e. The molecule has 0 fully saturated rings. The Morgan fingerprint density at radius 2 is 1.40 bits per heavy atom. The fraction of sp³-hybridized carbons (Fsp3) is 0.222. The molecular formula is C18H22ClN. The van der Waals surface area contributed by atoms with E-state index in [0.717, 1.165) is 12.8 Å². The van der Waals surface area contributed by atoms with Gasteiger partial charge in [-0.05, 0) is 29.5 Å². The van der Waals surface area contributed by atoms with Crippen molar-refractivity contribution in [1.29, 1.82) is 0 Å². The highest BCUT2D eigenvalue weighted by atomic mass is 35.5. The third kappa shape index (κ3) is 4.52. The minimum atomic E-state index is 0. The summed E-state index contributed by atoms with van der Waals surface area (Å²) in [5.74, 6) is 0. The Hall–Kier alpha value is -1.57. The van der Waals surface area contributed by atoms with Gasteiger partial charge in [0.2, 0.25) is 0 Å². The van der Waals surface area contributed by atoms with E-state index in [1.54, 1.807) is 0 Å². The molecule has 0 bridgehead atoms. The number of rotatable bonds is 5. The Balaban J connectivity index is 0.00000200. The molecule has 1 unspecified atom stereocenters. The molecule has 1 nitrogen and oxygen atoms in total. The first kappa shape index (κ1) is 16.5. The summed E-state index contributed by atoms with van der Waals surface area (Å²) in [7, 11) is 0. The van der Waals surface area contributed by atoms with Gasteiger partial charge in [-0.25, -0.2) is 0 Å². The normalized spacial score (nSPS) is 11.3. The van der Waals surface area contributed by atoms with Crippen molar-refractivity contribution < 1.29 is 0 Å². The maximum absolute atomic E-state index is 6.03. The topological polar surface area (TPSA) is 26.0 Å². The Morgan fingerprint density at radius 3 is 1.80 bits per heavy atom. The molecule has 0 radical (unpaired) electrons. The van der Waals surface area contributed by atoms with E-state index in [9.17, 15) is 0 Å². The number of hydrogen-bond donors (Lipinski definition) is 1. The molecule has 2 N–H and O–H groups in total. The highest BCUT2D eigenvalue weighted by molar-refractivity contribution is 5.85. The van der Waals surface area contributed by atoms with E-state index in [4.69, 9.17) is 5.73 Å². The number of benzene rings is 2. The van der Waals surface area contributed by atoms with Gasteiger partial charge in [0.1, 0.15) is 0 Å². The van der Waals surface area contributed by atoms with Crippen LogP contribution in [0.15, 0.2) is 66.7 Å². The van der Waals surface area contributed by atoms with Crippen LogP contribution in [-0.2, 0) is 0 Å². The minimum absolute atomic E-state index is 0. The highest BCUT2D eigenvalue weighted by Crippen LogP contribution is 2.23. The van der Waals surface area contributed by atoms with E-state index >= 15 is 0 Å². The van der Waals surface area contributed by atoms with Gasteiger partial charge < -0.3 is 5.73 Å². The van der Waals surface area contributed by atoms with Crippen LogP contribution in [-0.4, -0.2) is 6.04 Å². The van der Waals surface area contributed by atoms with Crippen molar-refractivity contribution in [3.05, 3.63) is 77.9 Å². The van der Waals surface area contributed by atoms with E-state index in [1.165, 1.54) is 16.7 Å². The molecule has 2 rings (SSSR count). The molecular weight excluding hydrogens is 266 g/mol. The highest BCUT2D eigenvalue weighted by Gasteiger charge is 2.05. The predicted octanol–water partition coefficient (Wildman–Crippen LogP) is 4.67. The molecule has 2 heteroatoms. The molecule has 0 aliphatic rings. The fourth-order valence-electron chi connectivity index (χ4n) is 2.07. The van der Waals surface area contributed by atoms with Gasteiger partial charge in [0, 0.05) is 6.04 Å². The van der Waals surface area contributed by atoms with Crippen molar-refractivity contribution in [3.63, 3.8) is 0 Å². The van der Waals surface area contributed by atoms with E-state index in [1.807, 2.05) is 12.1 Å². The van der Waals surface area contributed by atoms with Crippen molar-refractivity contribution >= 4 is 18.0 Å². The van der Waals surface area contributed by atoms with Gasteiger partial charge in [-0.1, -0.05) is 73.7 Å². The van der Waals surface area contributed by atoms with Gasteiger partial charge in [-0.15, -0.1) is 12.4 Å². The lowest BCUT2D eigenvalue weighted by atomic mass is 9.96. The second kappa shape index (κ2) is 8.57. The average molecular weight is 288 g/mol. The van der Waals surface area contributed by atoms with Crippen LogP contribution in [0, 0.1) is 0 Å². The molecule has 0 amide bonds. The summed E-state index contributed by atoms with van der Waals surface area (Å²) in [6.45, 7) is 2.13. The van der Waals surface area contributed by atoms with Crippen molar-refractivity contribution in [1.82, 2.24) is 0 Å². The van der Waals surface area contributed by atoms with Gasteiger partial charge in [0.25, 0.3) is 0 Å². The lowest BCUT2D eigenvalue weighted by Gasteiger charge is -2.11. The summed E-state index contributed by atoms with van der Waals surface area (Å²) in [6, 6.07) is 21.2. The maximum Gasteiger partial charge on any atom is 0.00711 e. The van der Waals surface area contributed by atoms with Crippen LogP contribution >= 0.6 is 12.4 Å². The fourth-order valence-corrected chi connectivity index (χ4v) is 2.07. The molecule has 106 valence electrons. The van der Waals surface area contributed by atoms with Gasteiger partial charge in [-0.2, -0.15) is 0 Å². The van der Waals surface area contributed by atoms with Gasteiger partial charge >= 0.3 is 0 Å². The Kier molecular flexibility index (Phi) is 7.06. The van der Waals surface area contributed by atoms with E-state index in [-0.39, 0.29) is 18.4 Å². The van der Waals surface area contributed by atoms with Crippen LogP contribution in [0.4, 0.5) is 0 Å². The summed E-state index contributed by atoms with van der Waals surface area (Å²) < 4.78 is 0. The predicted molar refractivity (Wildman–Crippen MR) is 90.1 cm³/mol. The Labute approximate surface area is 127 Å². The SMILES string of the molecule is CCC(N)CC=C(c1ccccc1)c1ccccc1.Cl. The van der Waals surface area contributed by atoms with Gasteiger partial charge in [-0.3, -0.25) is 0 Å². The van der Waals surface area contributed by atoms with Crippen LogP contribution in [0.1, 0.15) is 30.9 Å². The minimum Gasteiger partial charge on any atom is -0.327 e. The van der Waals surface area contributed by atoms with Crippen LogP contribution in [0.2, 0.25) is 0 Å². The van der Waals surface area contributed by atoms with Gasteiger partial charge in [0.15, 0.2) is 0 Å². The second-order valence-electron chi connectivity index (χ2n) is 4.75. The molecule has 2 aromatic rings. The summed E-state index contributed by atoms with van der Waals surface area (Å²) >= 11 is 0. The first-order valence-electron chi connectivity index (χ1n) is 6.88.